The third kappa shape index (κ3) is 5.71. The first-order chi connectivity index (χ1) is 30.7. The highest BCUT2D eigenvalue weighted by Gasteiger charge is 2.80. The summed E-state index contributed by atoms with van der Waals surface area (Å²) in [7, 11) is 6.18. The van der Waals surface area contributed by atoms with Crippen molar-refractivity contribution >= 4 is 45.8 Å². The summed E-state index contributed by atoms with van der Waals surface area (Å²) in [6, 6.07) is 11.4. The average molecular weight is 893 g/mol. The molecule has 2 aromatic carbocycles. The van der Waals surface area contributed by atoms with Crippen LogP contribution >= 0.6 is 11.3 Å². The molecule has 4 aromatic rings. The summed E-state index contributed by atoms with van der Waals surface area (Å²) in [6.45, 7) is 8.58. The topological polar surface area (TPSA) is 154 Å². The third-order valence-corrected chi connectivity index (χ3v) is 17.2. The van der Waals surface area contributed by atoms with Crippen LogP contribution in [0.4, 0.5) is 5.69 Å². The van der Waals surface area contributed by atoms with Crippen molar-refractivity contribution in [1.82, 2.24) is 14.8 Å². The lowest BCUT2D eigenvalue weighted by atomic mass is 9.47. The predicted molar refractivity (Wildman–Crippen MR) is 244 cm³/mol. The van der Waals surface area contributed by atoms with E-state index in [1.807, 2.05) is 31.9 Å². The monoisotopic (exact) mass is 892 g/mol. The highest BCUT2D eigenvalue weighted by molar-refractivity contribution is 7.08. The summed E-state index contributed by atoms with van der Waals surface area (Å²) >= 11 is 1.65. The molecule has 6 aliphatic rings. The van der Waals surface area contributed by atoms with Gasteiger partial charge in [0.1, 0.15) is 11.2 Å². The fourth-order valence-corrected chi connectivity index (χ4v) is 14.8. The minimum atomic E-state index is -2.31. The molecule has 0 amide bonds. The molecule has 2 aromatic heterocycles. The van der Waals surface area contributed by atoms with Crippen LogP contribution in [0.5, 0.6) is 5.75 Å². The number of nitrogens with zero attached hydrogens (tertiary/aromatic N) is 3. The number of carbonyl (C=O) groups excluding carboxylic acids is 3. The van der Waals surface area contributed by atoms with Gasteiger partial charge in [-0.2, -0.15) is 11.3 Å². The van der Waals surface area contributed by atoms with Gasteiger partial charge in [0.05, 0.1) is 33.0 Å². The lowest BCUT2D eigenvalue weighted by Gasteiger charge is -2.63. The smallest absolute Gasteiger partial charge is 0.344 e. The van der Waals surface area contributed by atoms with E-state index in [0.717, 1.165) is 44.5 Å². The molecule has 64 heavy (non-hydrogen) atoms. The molecule has 1 saturated carbocycles. The number of anilines is 1. The van der Waals surface area contributed by atoms with Gasteiger partial charge in [-0.1, -0.05) is 32.1 Å². The van der Waals surface area contributed by atoms with Crippen LogP contribution in [0.25, 0.3) is 22.0 Å². The minimum Gasteiger partial charge on any atom is -0.496 e. The van der Waals surface area contributed by atoms with Crippen molar-refractivity contribution < 1.29 is 43.5 Å². The molecule has 2 saturated heterocycles. The van der Waals surface area contributed by atoms with Gasteiger partial charge in [-0.05, 0) is 108 Å². The van der Waals surface area contributed by atoms with Gasteiger partial charge < -0.3 is 39.0 Å². The predicted octanol–water partition coefficient (Wildman–Crippen LogP) is 5.72. The lowest BCUT2D eigenvalue weighted by Crippen LogP contribution is -2.81. The number of thiophene rings is 1. The maximum atomic E-state index is 15.6. The zero-order valence-corrected chi connectivity index (χ0v) is 38.7. The third-order valence-electron chi connectivity index (χ3n) is 16.5. The summed E-state index contributed by atoms with van der Waals surface area (Å²) in [5.74, 6) is -1.60. The van der Waals surface area contributed by atoms with Crippen molar-refractivity contribution in [2.24, 2.45) is 11.3 Å². The molecule has 2 bridgehead atoms. The van der Waals surface area contributed by atoms with Gasteiger partial charge in [0, 0.05) is 90.9 Å². The Morgan fingerprint density at radius 3 is 2.42 bits per heavy atom. The van der Waals surface area contributed by atoms with Crippen LogP contribution < -0.4 is 9.64 Å². The average Bonchev–Trinajstić information content (AvgIpc) is 4.10. The second-order valence-corrected chi connectivity index (χ2v) is 20.2. The molecule has 3 fully saturated rings. The number of fused-ring (bicyclic) bond motifs is 6. The first-order valence-corrected chi connectivity index (χ1v) is 23.7. The van der Waals surface area contributed by atoms with Crippen molar-refractivity contribution in [1.29, 1.82) is 0 Å². The molecular formula is C50H60N4O9S. The summed E-state index contributed by atoms with van der Waals surface area (Å²) in [6.07, 6.45) is 5.86. The van der Waals surface area contributed by atoms with E-state index in [4.69, 9.17) is 18.9 Å². The summed E-state index contributed by atoms with van der Waals surface area (Å²) in [5, 5.41) is 30.8. The van der Waals surface area contributed by atoms with Gasteiger partial charge in [0.25, 0.3) is 0 Å². The number of piperidine rings is 1. The van der Waals surface area contributed by atoms with E-state index < -0.39 is 57.5 Å². The molecule has 1 aliphatic carbocycles. The lowest BCUT2D eigenvalue weighted by molar-refractivity contribution is -0.228. The zero-order valence-electron chi connectivity index (χ0n) is 37.9. The number of hydrogen-bond acceptors (Lipinski definition) is 13. The Balaban J connectivity index is 1.28. The SMILES string of the molecule is CC[C@]1(O)C[C@H]2CN(CCc3c([nH]c4ccc(-c5ccsc5)cc34)[C@@](C(=O)OC)(c3cc4c(cc3OC)N(C)[C@H]3[C@@](O)(C(=O)OC)[C@H](OC(C)=O)[C@]5(CC)C=CCN6CC[C@]43[C@@H]65)C2)C1. The highest BCUT2D eigenvalue weighted by atomic mass is 32.1. The molecular weight excluding hydrogens is 833 g/mol. The largest absolute Gasteiger partial charge is 0.496 e. The second kappa shape index (κ2) is 15.2. The van der Waals surface area contributed by atoms with Crippen molar-refractivity contribution in [3.8, 4) is 16.9 Å². The van der Waals surface area contributed by atoms with Gasteiger partial charge in [0.15, 0.2) is 6.10 Å². The van der Waals surface area contributed by atoms with Crippen molar-refractivity contribution in [3.63, 3.8) is 0 Å². The number of hydrogen-bond donors (Lipinski definition) is 3. The van der Waals surface area contributed by atoms with Gasteiger partial charge in [0.2, 0.25) is 5.60 Å². The van der Waals surface area contributed by atoms with Crippen LogP contribution in [-0.2, 0) is 45.8 Å². The Hall–Kier alpha value is -4.73. The van der Waals surface area contributed by atoms with E-state index in [1.54, 1.807) is 18.4 Å². The summed E-state index contributed by atoms with van der Waals surface area (Å²) in [4.78, 5) is 53.7. The van der Waals surface area contributed by atoms with Crippen molar-refractivity contribution in [2.75, 3.05) is 66.0 Å². The van der Waals surface area contributed by atoms with E-state index in [9.17, 15) is 19.8 Å². The highest BCUT2D eigenvalue weighted by Crippen LogP contribution is 2.68. The molecule has 7 heterocycles. The Morgan fingerprint density at radius 1 is 0.938 bits per heavy atom. The van der Waals surface area contributed by atoms with E-state index in [0.29, 0.717) is 82.6 Å². The number of esters is 3. The summed E-state index contributed by atoms with van der Waals surface area (Å²) in [5.41, 5.74) is 0.431. The standard InChI is InChI=1S/C50H60N4O9S/c1-8-46(58)24-30-25-49(44(56)61-6,40-33(13-18-53(26-30)28-46)34-21-31(11-12-37(34)51-40)32-14-20-64-27-32)36-22-35-38(23-39(36)60-5)52(4)42-48(35)16-19-54-17-10-15-47(9-2,41(48)54)43(63-29(3)55)50(42,59)45(57)62-7/h10-12,14-15,20-23,27,30,41-43,51,58-59H,8-9,13,16-19,24-26,28H2,1-7H3/t30-,41+,42-,43-,46+,47-,48-,49+,50+/m1/s1. The number of aliphatic hydroxyl groups is 2. The molecule has 3 N–H and O–H groups in total. The first kappa shape index (κ1) is 43.2. The molecule has 340 valence electrons. The Kier molecular flexibility index (Phi) is 10.2. The van der Waals surface area contributed by atoms with E-state index in [2.05, 4.69) is 68.0 Å². The van der Waals surface area contributed by atoms with E-state index in [-0.39, 0.29) is 12.0 Å². The quantitative estimate of drug-likeness (QED) is 0.113. The number of benzene rings is 2. The zero-order chi connectivity index (χ0) is 45.1. The number of rotatable bonds is 8. The number of ether oxygens (including phenoxy) is 4. The van der Waals surface area contributed by atoms with E-state index >= 15 is 4.79 Å². The molecule has 10 atom stereocenters. The molecule has 14 heteroatoms. The van der Waals surface area contributed by atoms with Gasteiger partial charge in [-0.15, -0.1) is 0 Å². The van der Waals surface area contributed by atoms with Crippen LogP contribution in [0.2, 0.25) is 0 Å². The molecule has 1 spiro atoms. The van der Waals surface area contributed by atoms with Gasteiger partial charge >= 0.3 is 17.9 Å². The number of methoxy groups -OCH3 is 3. The van der Waals surface area contributed by atoms with Crippen LogP contribution in [-0.4, -0.2) is 133 Å². The molecule has 5 aliphatic heterocycles. The van der Waals surface area contributed by atoms with Crippen LogP contribution in [0, 0.1) is 11.3 Å². The number of nitrogens with one attached hydrogen (secondary N) is 1. The van der Waals surface area contributed by atoms with Crippen LogP contribution in [0.1, 0.15) is 75.3 Å². The number of H-pyrrole nitrogens is 1. The van der Waals surface area contributed by atoms with Crippen LogP contribution in [0.3, 0.4) is 0 Å². The summed E-state index contributed by atoms with van der Waals surface area (Å²) < 4.78 is 24.2. The molecule has 10 rings (SSSR count). The Morgan fingerprint density at radius 2 is 1.73 bits per heavy atom. The number of aromatic amines is 1. The molecule has 1 unspecified atom stereocenters. The van der Waals surface area contributed by atoms with Crippen molar-refractivity contribution in [2.45, 2.75) is 99.5 Å². The minimum absolute atomic E-state index is 0.121. The van der Waals surface area contributed by atoms with Gasteiger partial charge in [-0.3, -0.25) is 19.4 Å². The maximum absolute atomic E-state index is 15.6. The van der Waals surface area contributed by atoms with Gasteiger partial charge in [-0.25, -0.2) is 4.79 Å². The van der Waals surface area contributed by atoms with E-state index in [1.165, 1.54) is 21.1 Å². The number of likely N-dealkylation sites (N-methyl/N-ethyl adjacent to an activating group) is 1. The maximum Gasteiger partial charge on any atom is 0.344 e. The normalized spacial score (nSPS) is 35.0. The Bertz CT molecular complexity index is 2580. The Labute approximate surface area is 378 Å². The second-order valence-electron chi connectivity index (χ2n) is 19.4. The fourth-order valence-electron chi connectivity index (χ4n) is 14.2. The first-order valence-electron chi connectivity index (χ1n) is 22.8. The number of aromatic nitrogens is 1. The van der Waals surface area contributed by atoms with Crippen LogP contribution in [0.15, 0.2) is 59.3 Å². The molecule has 0 radical (unpaired) electrons. The molecule has 13 nitrogen and oxygen atoms in total. The van der Waals surface area contributed by atoms with Crippen molar-refractivity contribution in [3.05, 3.63) is 81.7 Å². The fraction of sp³-hybridized carbons (Fsp3) is 0.540. The number of carbonyl (C=O) groups is 3.